The van der Waals surface area contributed by atoms with Crippen LogP contribution in [0.1, 0.15) is 24.8 Å². The molecule has 0 saturated heterocycles. The zero-order valence-corrected chi connectivity index (χ0v) is 8.61. The molecular weight excluding hydrogens is 182 g/mol. The van der Waals surface area contributed by atoms with Gasteiger partial charge in [0.05, 0.1) is 5.52 Å². The fraction of sp³-hybridized carbons (Fsp3) is 0.214. The van der Waals surface area contributed by atoms with Gasteiger partial charge < -0.3 is 0 Å². The highest BCUT2D eigenvalue weighted by molar-refractivity contribution is 5.91. The van der Waals surface area contributed by atoms with Gasteiger partial charge >= 0.3 is 0 Å². The molecule has 1 aromatic carbocycles. The number of hydrogen-bond donors (Lipinski definition) is 0. The predicted molar refractivity (Wildman–Crippen MR) is 63.6 cm³/mol. The molecule has 15 heavy (non-hydrogen) atoms. The molecule has 0 radical (unpaired) electrons. The molecule has 0 unspecified atom stereocenters. The van der Waals surface area contributed by atoms with Gasteiger partial charge in [-0.1, -0.05) is 30.3 Å². The van der Waals surface area contributed by atoms with Crippen molar-refractivity contribution in [1.29, 1.82) is 0 Å². The van der Waals surface area contributed by atoms with Crippen LogP contribution in [-0.4, -0.2) is 4.98 Å². The lowest BCUT2D eigenvalue weighted by Gasteiger charge is -2.05. The Balaban J connectivity index is 2.26. The van der Waals surface area contributed by atoms with E-state index in [1.165, 1.54) is 35.8 Å². The molecule has 0 N–H and O–H groups in total. The number of fused-ring (bicyclic) bond motifs is 1. The molecule has 0 aliphatic heterocycles. The van der Waals surface area contributed by atoms with Gasteiger partial charge in [0.2, 0.25) is 0 Å². The summed E-state index contributed by atoms with van der Waals surface area (Å²) in [6.07, 6.45) is 7.94. The SMILES string of the molecule is C1=C(c2cccc3cccnc23)CCC1. The fourth-order valence-corrected chi connectivity index (χ4v) is 2.28. The van der Waals surface area contributed by atoms with Gasteiger partial charge in [0.1, 0.15) is 0 Å². The van der Waals surface area contributed by atoms with Gasteiger partial charge in [0, 0.05) is 17.1 Å². The number of aromatic nitrogens is 1. The number of hydrogen-bond acceptors (Lipinski definition) is 1. The van der Waals surface area contributed by atoms with Crippen LogP contribution in [-0.2, 0) is 0 Å². The molecule has 0 bridgehead atoms. The Kier molecular flexibility index (Phi) is 2.02. The maximum atomic E-state index is 4.48. The molecule has 0 atom stereocenters. The summed E-state index contributed by atoms with van der Waals surface area (Å²) < 4.78 is 0. The highest BCUT2D eigenvalue weighted by atomic mass is 14.6. The van der Waals surface area contributed by atoms with Crippen molar-refractivity contribution >= 4 is 16.5 Å². The van der Waals surface area contributed by atoms with E-state index >= 15 is 0 Å². The van der Waals surface area contributed by atoms with Crippen LogP contribution in [0.2, 0.25) is 0 Å². The van der Waals surface area contributed by atoms with E-state index in [9.17, 15) is 0 Å². The summed E-state index contributed by atoms with van der Waals surface area (Å²) in [5.74, 6) is 0. The molecule has 1 aliphatic carbocycles. The average Bonchev–Trinajstić information content (AvgIpc) is 2.82. The minimum Gasteiger partial charge on any atom is -0.256 e. The molecule has 74 valence electrons. The Morgan fingerprint density at radius 3 is 2.87 bits per heavy atom. The zero-order valence-electron chi connectivity index (χ0n) is 8.61. The summed E-state index contributed by atoms with van der Waals surface area (Å²) in [7, 11) is 0. The molecule has 0 saturated carbocycles. The lowest BCUT2D eigenvalue weighted by Crippen LogP contribution is -1.86. The third-order valence-corrected chi connectivity index (χ3v) is 3.02. The van der Waals surface area contributed by atoms with E-state index in [0.717, 1.165) is 5.52 Å². The Morgan fingerprint density at radius 2 is 2.00 bits per heavy atom. The van der Waals surface area contributed by atoms with Crippen molar-refractivity contribution in [2.75, 3.05) is 0 Å². The van der Waals surface area contributed by atoms with E-state index in [2.05, 4.69) is 35.3 Å². The quantitative estimate of drug-likeness (QED) is 0.674. The van der Waals surface area contributed by atoms with Crippen LogP contribution in [0.4, 0.5) is 0 Å². The fourth-order valence-electron chi connectivity index (χ4n) is 2.28. The second kappa shape index (κ2) is 3.50. The minimum absolute atomic E-state index is 1.15. The van der Waals surface area contributed by atoms with Gasteiger partial charge in [-0.05, 0) is 30.9 Å². The number of benzene rings is 1. The van der Waals surface area contributed by atoms with E-state index in [-0.39, 0.29) is 0 Å². The third kappa shape index (κ3) is 1.44. The second-order valence-electron chi connectivity index (χ2n) is 4.00. The average molecular weight is 195 g/mol. The van der Waals surface area contributed by atoms with E-state index in [1.54, 1.807) is 0 Å². The Hall–Kier alpha value is -1.63. The van der Waals surface area contributed by atoms with Crippen LogP contribution in [0.5, 0.6) is 0 Å². The van der Waals surface area contributed by atoms with E-state index in [1.807, 2.05) is 12.3 Å². The van der Waals surface area contributed by atoms with Crippen LogP contribution in [0.25, 0.3) is 16.5 Å². The molecular formula is C14H13N. The van der Waals surface area contributed by atoms with Crippen molar-refractivity contribution in [3.8, 4) is 0 Å². The summed E-state index contributed by atoms with van der Waals surface area (Å²) in [4.78, 5) is 4.48. The van der Waals surface area contributed by atoms with Crippen molar-refractivity contribution in [3.05, 3.63) is 48.2 Å². The van der Waals surface area contributed by atoms with E-state index in [0.29, 0.717) is 0 Å². The maximum absolute atomic E-state index is 4.48. The van der Waals surface area contributed by atoms with Gasteiger partial charge in [-0.25, -0.2) is 0 Å². The van der Waals surface area contributed by atoms with Crippen LogP contribution >= 0.6 is 0 Å². The van der Waals surface area contributed by atoms with Crippen molar-refractivity contribution in [1.82, 2.24) is 4.98 Å². The minimum atomic E-state index is 1.15. The van der Waals surface area contributed by atoms with Gasteiger partial charge in [-0.3, -0.25) is 4.98 Å². The van der Waals surface area contributed by atoms with Crippen LogP contribution in [0, 0.1) is 0 Å². The van der Waals surface area contributed by atoms with Gasteiger partial charge in [-0.15, -0.1) is 0 Å². The summed E-state index contributed by atoms with van der Waals surface area (Å²) >= 11 is 0. The highest BCUT2D eigenvalue weighted by Crippen LogP contribution is 2.31. The largest absolute Gasteiger partial charge is 0.256 e. The van der Waals surface area contributed by atoms with Crippen molar-refractivity contribution < 1.29 is 0 Å². The number of pyridine rings is 1. The van der Waals surface area contributed by atoms with Crippen LogP contribution in [0.15, 0.2) is 42.6 Å². The normalized spacial score (nSPS) is 15.6. The molecule has 1 heteroatoms. The highest BCUT2D eigenvalue weighted by Gasteiger charge is 2.10. The second-order valence-corrected chi connectivity index (χ2v) is 4.00. The molecule has 0 spiro atoms. The zero-order chi connectivity index (χ0) is 10.1. The maximum Gasteiger partial charge on any atom is 0.0776 e. The monoisotopic (exact) mass is 195 g/mol. The molecule has 1 aromatic heterocycles. The van der Waals surface area contributed by atoms with Gasteiger partial charge in [0.15, 0.2) is 0 Å². The summed E-state index contributed by atoms with van der Waals surface area (Å²) in [5.41, 5.74) is 3.94. The Bertz CT molecular complexity index is 520. The Morgan fingerprint density at radius 1 is 1.07 bits per heavy atom. The summed E-state index contributed by atoms with van der Waals surface area (Å²) in [6, 6.07) is 10.6. The topological polar surface area (TPSA) is 12.9 Å². The number of para-hydroxylation sites is 1. The molecule has 1 heterocycles. The Labute approximate surface area is 89.5 Å². The van der Waals surface area contributed by atoms with Gasteiger partial charge in [-0.2, -0.15) is 0 Å². The molecule has 1 nitrogen and oxygen atoms in total. The number of nitrogens with zero attached hydrogens (tertiary/aromatic N) is 1. The van der Waals surface area contributed by atoms with E-state index < -0.39 is 0 Å². The van der Waals surface area contributed by atoms with Crippen LogP contribution < -0.4 is 0 Å². The number of rotatable bonds is 1. The first-order chi connectivity index (χ1) is 7.45. The van der Waals surface area contributed by atoms with Crippen LogP contribution in [0.3, 0.4) is 0 Å². The lowest BCUT2D eigenvalue weighted by molar-refractivity contribution is 0.935. The first-order valence-electron chi connectivity index (χ1n) is 5.48. The summed E-state index contributed by atoms with van der Waals surface area (Å²) in [5, 5.41) is 1.24. The first kappa shape index (κ1) is 8.66. The molecule has 1 aliphatic rings. The van der Waals surface area contributed by atoms with Gasteiger partial charge in [0.25, 0.3) is 0 Å². The predicted octanol–water partition coefficient (Wildman–Crippen LogP) is 3.80. The first-order valence-corrected chi connectivity index (χ1v) is 5.48. The molecule has 3 rings (SSSR count). The van der Waals surface area contributed by atoms with Crippen molar-refractivity contribution in [3.63, 3.8) is 0 Å². The lowest BCUT2D eigenvalue weighted by atomic mass is 10.0. The molecule has 0 fully saturated rings. The third-order valence-electron chi connectivity index (χ3n) is 3.02. The molecule has 0 amide bonds. The van der Waals surface area contributed by atoms with E-state index in [4.69, 9.17) is 0 Å². The molecule has 2 aromatic rings. The van der Waals surface area contributed by atoms with Crippen molar-refractivity contribution in [2.45, 2.75) is 19.3 Å². The number of allylic oxidation sites excluding steroid dienone is 2. The smallest absolute Gasteiger partial charge is 0.0776 e. The standard InChI is InChI=1S/C14H13N/c1-2-6-11(5-1)13-9-3-7-12-8-4-10-15-14(12)13/h3-5,7-10H,1-2,6H2. The summed E-state index contributed by atoms with van der Waals surface area (Å²) in [6.45, 7) is 0. The van der Waals surface area contributed by atoms with Crippen molar-refractivity contribution in [2.24, 2.45) is 0 Å².